The third-order valence-corrected chi connectivity index (χ3v) is 4.22. The number of nitrogens with zero attached hydrogens (tertiary/aromatic N) is 3. The minimum Gasteiger partial charge on any atom is -0.325 e. The van der Waals surface area contributed by atoms with Crippen molar-refractivity contribution in [2.75, 3.05) is 13.6 Å². The summed E-state index contributed by atoms with van der Waals surface area (Å²) in [4.78, 5) is 2.36. The van der Waals surface area contributed by atoms with E-state index in [-0.39, 0.29) is 0 Å². The van der Waals surface area contributed by atoms with Crippen molar-refractivity contribution in [3.05, 3.63) is 17.0 Å². The fourth-order valence-electron chi connectivity index (χ4n) is 3.25. The monoisotopic (exact) mass is 234 g/mol. The fourth-order valence-corrected chi connectivity index (χ4v) is 3.25. The first kappa shape index (κ1) is 11.2. The van der Waals surface area contributed by atoms with Crippen molar-refractivity contribution in [3.63, 3.8) is 0 Å². The summed E-state index contributed by atoms with van der Waals surface area (Å²) in [5, 5.41) is 4.85. The fraction of sp³-hybridized carbons (Fsp3) is 0.769. The molecule has 1 saturated carbocycles. The predicted molar refractivity (Wildman–Crippen MR) is 67.7 cm³/mol. The van der Waals surface area contributed by atoms with Crippen LogP contribution in [0.5, 0.6) is 0 Å². The molecule has 4 heteroatoms. The zero-order valence-corrected chi connectivity index (χ0v) is 10.7. The lowest BCUT2D eigenvalue weighted by Crippen LogP contribution is -2.26. The van der Waals surface area contributed by atoms with E-state index in [1.807, 2.05) is 0 Å². The van der Waals surface area contributed by atoms with Crippen LogP contribution >= 0.6 is 0 Å². The highest BCUT2D eigenvalue weighted by Crippen LogP contribution is 2.32. The predicted octanol–water partition coefficient (Wildman–Crippen LogP) is 1.44. The van der Waals surface area contributed by atoms with E-state index in [4.69, 9.17) is 10.8 Å². The minimum absolute atomic E-state index is 0.615. The largest absolute Gasteiger partial charge is 0.325 e. The molecule has 2 heterocycles. The van der Waals surface area contributed by atoms with Gasteiger partial charge in [0.05, 0.1) is 17.4 Å². The van der Waals surface area contributed by atoms with Gasteiger partial charge in [-0.1, -0.05) is 12.8 Å². The highest BCUT2D eigenvalue weighted by molar-refractivity contribution is 5.29. The Morgan fingerprint density at radius 3 is 2.82 bits per heavy atom. The summed E-state index contributed by atoms with van der Waals surface area (Å²) in [7, 11) is 2.18. The molecule has 1 aromatic rings. The molecule has 0 saturated heterocycles. The van der Waals surface area contributed by atoms with Crippen LogP contribution in [0.2, 0.25) is 0 Å². The molecule has 0 amide bonds. The van der Waals surface area contributed by atoms with Gasteiger partial charge < -0.3 is 10.6 Å². The molecule has 4 nitrogen and oxygen atoms in total. The number of aromatic nitrogens is 2. The van der Waals surface area contributed by atoms with Gasteiger partial charge in [0.1, 0.15) is 0 Å². The second kappa shape index (κ2) is 4.42. The van der Waals surface area contributed by atoms with Crippen molar-refractivity contribution >= 4 is 0 Å². The maximum atomic E-state index is 5.95. The van der Waals surface area contributed by atoms with Crippen LogP contribution in [0.25, 0.3) is 0 Å². The quantitative estimate of drug-likeness (QED) is 0.842. The third kappa shape index (κ3) is 1.89. The van der Waals surface area contributed by atoms with Gasteiger partial charge in [0.15, 0.2) is 0 Å². The normalized spacial score (nSPS) is 22.0. The van der Waals surface area contributed by atoms with Crippen LogP contribution in [0, 0.1) is 0 Å². The van der Waals surface area contributed by atoms with Gasteiger partial charge in [0.25, 0.3) is 0 Å². The third-order valence-electron chi connectivity index (χ3n) is 4.22. The number of hydrogen-bond acceptors (Lipinski definition) is 3. The van der Waals surface area contributed by atoms with Crippen LogP contribution in [0.15, 0.2) is 0 Å². The van der Waals surface area contributed by atoms with E-state index in [1.165, 1.54) is 42.6 Å². The topological polar surface area (TPSA) is 47.1 Å². The lowest BCUT2D eigenvalue weighted by Gasteiger charge is -2.22. The summed E-state index contributed by atoms with van der Waals surface area (Å²) >= 11 is 0. The number of fused-ring (bicyclic) bond motifs is 1. The standard InChI is InChI=1S/C13H22N4/c1-16-7-6-12-11(9-16)13(8-14)17(15-12)10-4-2-3-5-10/h10H,2-9,14H2,1H3. The van der Waals surface area contributed by atoms with Gasteiger partial charge in [-0.25, -0.2) is 0 Å². The number of nitrogens with two attached hydrogens (primary N) is 1. The molecule has 2 N–H and O–H groups in total. The molecule has 2 aliphatic rings. The lowest BCUT2D eigenvalue weighted by molar-refractivity contribution is 0.310. The maximum absolute atomic E-state index is 5.95. The lowest BCUT2D eigenvalue weighted by atomic mass is 10.1. The molecule has 1 aliphatic heterocycles. The summed E-state index contributed by atoms with van der Waals surface area (Å²) in [6.45, 7) is 2.78. The zero-order chi connectivity index (χ0) is 11.8. The first-order valence-electron chi connectivity index (χ1n) is 6.77. The molecule has 0 atom stereocenters. The molecule has 1 fully saturated rings. The molecular weight excluding hydrogens is 212 g/mol. The molecule has 1 aliphatic carbocycles. The van der Waals surface area contributed by atoms with Gasteiger partial charge >= 0.3 is 0 Å². The molecule has 0 bridgehead atoms. The molecule has 94 valence electrons. The first-order chi connectivity index (χ1) is 8.29. The summed E-state index contributed by atoms with van der Waals surface area (Å²) in [6.07, 6.45) is 6.34. The van der Waals surface area contributed by atoms with E-state index in [1.54, 1.807) is 0 Å². The van der Waals surface area contributed by atoms with E-state index < -0.39 is 0 Å². The van der Waals surface area contributed by atoms with Gasteiger partial charge in [-0.05, 0) is 19.9 Å². The van der Waals surface area contributed by atoms with Crippen LogP contribution in [0.4, 0.5) is 0 Å². The summed E-state index contributed by atoms with van der Waals surface area (Å²) < 4.78 is 2.26. The molecule has 0 radical (unpaired) electrons. The molecule has 0 aromatic carbocycles. The zero-order valence-electron chi connectivity index (χ0n) is 10.7. The van der Waals surface area contributed by atoms with Crippen LogP contribution in [-0.4, -0.2) is 28.3 Å². The van der Waals surface area contributed by atoms with E-state index >= 15 is 0 Å². The van der Waals surface area contributed by atoms with Crippen molar-refractivity contribution in [2.24, 2.45) is 5.73 Å². The Labute approximate surface area is 103 Å². The summed E-state index contributed by atoms with van der Waals surface area (Å²) in [5.74, 6) is 0. The molecular formula is C13H22N4. The van der Waals surface area contributed by atoms with Crippen molar-refractivity contribution < 1.29 is 0 Å². The number of likely N-dealkylation sites (N-methyl/N-ethyl adjacent to an activating group) is 1. The van der Waals surface area contributed by atoms with Crippen LogP contribution in [0.1, 0.15) is 48.7 Å². The van der Waals surface area contributed by atoms with E-state index in [9.17, 15) is 0 Å². The molecule has 3 rings (SSSR count). The molecule has 0 spiro atoms. The number of hydrogen-bond donors (Lipinski definition) is 1. The Bertz CT molecular complexity index is 404. The molecule has 0 unspecified atom stereocenters. The van der Waals surface area contributed by atoms with Crippen molar-refractivity contribution in [1.29, 1.82) is 0 Å². The summed E-state index contributed by atoms with van der Waals surface area (Å²) in [5.41, 5.74) is 9.95. The van der Waals surface area contributed by atoms with Crippen LogP contribution in [-0.2, 0) is 19.5 Å². The average Bonchev–Trinajstić information content (AvgIpc) is 2.94. The Morgan fingerprint density at radius 2 is 2.12 bits per heavy atom. The van der Waals surface area contributed by atoms with Gasteiger partial charge in [-0.15, -0.1) is 0 Å². The SMILES string of the molecule is CN1CCc2nn(C3CCCC3)c(CN)c2C1. The second-order valence-electron chi connectivity index (χ2n) is 5.45. The van der Waals surface area contributed by atoms with Gasteiger partial charge in [0, 0.05) is 31.6 Å². The van der Waals surface area contributed by atoms with Crippen molar-refractivity contribution in [1.82, 2.24) is 14.7 Å². The Hall–Kier alpha value is -0.870. The second-order valence-corrected chi connectivity index (χ2v) is 5.45. The van der Waals surface area contributed by atoms with Gasteiger partial charge in [-0.2, -0.15) is 5.10 Å². The van der Waals surface area contributed by atoms with Gasteiger partial charge in [0.2, 0.25) is 0 Å². The average molecular weight is 234 g/mol. The highest BCUT2D eigenvalue weighted by atomic mass is 15.3. The maximum Gasteiger partial charge on any atom is 0.0685 e. The molecule has 1 aromatic heterocycles. The Kier molecular flexibility index (Phi) is 2.92. The number of rotatable bonds is 2. The Morgan fingerprint density at radius 1 is 1.35 bits per heavy atom. The molecule has 17 heavy (non-hydrogen) atoms. The van der Waals surface area contributed by atoms with E-state index in [2.05, 4.69) is 16.6 Å². The smallest absolute Gasteiger partial charge is 0.0685 e. The van der Waals surface area contributed by atoms with Crippen LogP contribution in [0.3, 0.4) is 0 Å². The van der Waals surface area contributed by atoms with E-state index in [0.717, 1.165) is 19.5 Å². The van der Waals surface area contributed by atoms with Crippen molar-refractivity contribution in [3.8, 4) is 0 Å². The van der Waals surface area contributed by atoms with Crippen molar-refractivity contribution in [2.45, 2.75) is 51.2 Å². The first-order valence-corrected chi connectivity index (χ1v) is 6.77. The van der Waals surface area contributed by atoms with Gasteiger partial charge in [-0.3, -0.25) is 4.68 Å². The van der Waals surface area contributed by atoms with Crippen LogP contribution < -0.4 is 5.73 Å². The van der Waals surface area contributed by atoms with E-state index in [0.29, 0.717) is 12.6 Å². The highest BCUT2D eigenvalue weighted by Gasteiger charge is 2.26. The summed E-state index contributed by atoms with van der Waals surface area (Å²) in [6, 6.07) is 0.615. The Balaban J connectivity index is 1.98. The minimum atomic E-state index is 0.615.